The van der Waals surface area contributed by atoms with E-state index in [1.54, 1.807) is 7.05 Å². The van der Waals surface area contributed by atoms with Gasteiger partial charge in [-0.2, -0.15) is 0 Å². The average Bonchev–Trinajstić information content (AvgIpc) is 2.07. The lowest BCUT2D eigenvalue weighted by atomic mass is 9.90. The van der Waals surface area contributed by atoms with E-state index in [0.29, 0.717) is 13.1 Å². The molecule has 82 valence electrons. The van der Waals surface area contributed by atoms with Gasteiger partial charge in [0.25, 0.3) is 5.92 Å². The summed E-state index contributed by atoms with van der Waals surface area (Å²) < 4.78 is 26.5. The summed E-state index contributed by atoms with van der Waals surface area (Å²) in [6.07, 6.45) is -0.269. The van der Waals surface area contributed by atoms with Gasteiger partial charge in [-0.05, 0) is 13.5 Å². The highest BCUT2D eigenvalue weighted by Gasteiger charge is 2.42. The first kappa shape index (κ1) is 11.4. The lowest BCUT2D eigenvalue weighted by Crippen LogP contribution is -2.45. The molecular formula is C9H15F2NO2. The molecule has 1 aliphatic rings. The number of alkyl halides is 2. The van der Waals surface area contributed by atoms with Gasteiger partial charge in [0.05, 0.1) is 0 Å². The molecule has 1 atom stereocenters. The number of carboxylic acid groups (broad SMARTS) is 1. The third-order valence-corrected chi connectivity index (χ3v) is 2.66. The zero-order valence-electron chi connectivity index (χ0n) is 8.17. The van der Waals surface area contributed by atoms with Crippen molar-refractivity contribution in [2.45, 2.75) is 25.2 Å². The fraction of sp³-hybridized carbons (Fsp3) is 0.889. The highest BCUT2D eigenvalue weighted by atomic mass is 19.3. The summed E-state index contributed by atoms with van der Waals surface area (Å²) >= 11 is 0. The molecule has 0 aromatic heterocycles. The van der Waals surface area contributed by atoms with Gasteiger partial charge in [-0.25, -0.2) is 8.78 Å². The smallest absolute Gasteiger partial charge is 0.303 e. The molecule has 1 rings (SSSR count). The summed E-state index contributed by atoms with van der Waals surface area (Å²) in [5, 5.41) is 8.42. The molecule has 0 aromatic rings. The Hall–Kier alpha value is -0.710. The monoisotopic (exact) mass is 207 g/mol. The molecule has 1 N–H and O–H groups in total. The number of hydrogen-bond acceptors (Lipinski definition) is 2. The largest absolute Gasteiger partial charge is 0.481 e. The van der Waals surface area contributed by atoms with Crippen LogP contribution in [0.1, 0.15) is 19.3 Å². The van der Waals surface area contributed by atoms with Crippen LogP contribution in [0.15, 0.2) is 0 Å². The Morgan fingerprint density at radius 2 is 2.29 bits per heavy atom. The van der Waals surface area contributed by atoms with E-state index in [-0.39, 0.29) is 19.3 Å². The van der Waals surface area contributed by atoms with Crippen LogP contribution in [0.25, 0.3) is 0 Å². The summed E-state index contributed by atoms with van der Waals surface area (Å²) in [4.78, 5) is 12.1. The number of hydrogen-bond donors (Lipinski definition) is 1. The SMILES string of the molecule is CN1CCC(F)(F)C(CCC(=O)O)C1. The maximum absolute atomic E-state index is 13.3. The van der Waals surface area contributed by atoms with Crippen molar-refractivity contribution in [1.82, 2.24) is 4.90 Å². The van der Waals surface area contributed by atoms with Crippen LogP contribution in [-0.4, -0.2) is 42.0 Å². The zero-order chi connectivity index (χ0) is 10.8. The van der Waals surface area contributed by atoms with Crippen LogP contribution in [0.4, 0.5) is 8.78 Å². The Bertz CT molecular complexity index is 221. The number of carbonyl (C=O) groups is 1. The molecule has 0 aromatic carbocycles. The van der Waals surface area contributed by atoms with E-state index in [9.17, 15) is 13.6 Å². The first-order chi connectivity index (χ1) is 6.42. The highest BCUT2D eigenvalue weighted by molar-refractivity contribution is 5.66. The van der Waals surface area contributed by atoms with Crippen molar-refractivity contribution in [2.24, 2.45) is 5.92 Å². The number of nitrogens with zero attached hydrogens (tertiary/aromatic N) is 1. The van der Waals surface area contributed by atoms with Crippen molar-refractivity contribution >= 4 is 5.97 Å². The molecule has 0 saturated carbocycles. The highest BCUT2D eigenvalue weighted by Crippen LogP contribution is 2.35. The first-order valence-electron chi connectivity index (χ1n) is 4.70. The van der Waals surface area contributed by atoms with Crippen molar-refractivity contribution < 1.29 is 18.7 Å². The zero-order valence-corrected chi connectivity index (χ0v) is 8.17. The van der Waals surface area contributed by atoms with Crippen molar-refractivity contribution in [3.05, 3.63) is 0 Å². The van der Waals surface area contributed by atoms with Gasteiger partial charge in [0.2, 0.25) is 0 Å². The molecule has 0 aliphatic carbocycles. The third-order valence-electron chi connectivity index (χ3n) is 2.66. The van der Waals surface area contributed by atoms with Gasteiger partial charge in [0, 0.05) is 31.8 Å². The van der Waals surface area contributed by atoms with E-state index in [0.717, 1.165) is 0 Å². The Balaban J connectivity index is 2.49. The molecule has 3 nitrogen and oxygen atoms in total. The van der Waals surface area contributed by atoms with E-state index in [4.69, 9.17) is 5.11 Å². The number of rotatable bonds is 3. The lowest BCUT2D eigenvalue weighted by molar-refractivity contribution is -0.139. The molecule has 14 heavy (non-hydrogen) atoms. The van der Waals surface area contributed by atoms with E-state index >= 15 is 0 Å². The van der Waals surface area contributed by atoms with Gasteiger partial charge >= 0.3 is 5.97 Å². The minimum absolute atomic E-state index is 0.0622. The molecule has 1 aliphatic heterocycles. The van der Waals surface area contributed by atoms with E-state index in [2.05, 4.69) is 0 Å². The van der Waals surface area contributed by atoms with Crippen LogP contribution in [0.3, 0.4) is 0 Å². The molecule has 0 amide bonds. The minimum Gasteiger partial charge on any atom is -0.481 e. The summed E-state index contributed by atoms with van der Waals surface area (Å²) in [7, 11) is 1.78. The minimum atomic E-state index is -2.69. The van der Waals surface area contributed by atoms with Gasteiger partial charge < -0.3 is 10.0 Å². The summed E-state index contributed by atoms with van der Waals surface area (Å²) in [5.41, 5.74) is 0. The van der Waals surface area contributed by atoms with E-state index in [1.807, 2.05) is 4.90 Å². The van der Waals surface area contributed by atoms with Gasteiger partial charge in [0.15, 0.2) is 0 Å². The fourth-order valence-corrected chi connectivity index (χ4v) is 1.75. The molecular weight excluding hydrogens is 192 g/mol. The van der Waals surface area contributed by atoms with Crippen LogP contribution in [0.2, 0.25) is 0 Å². The molecule has 5 heteroatoms. The Morgan fingerprint density at radius 1 is 1.64 bits per heavy atom. The van der Waals surface area contributed by atoms with E-state index < -0.39 is 17.8 Å². The van der Waals surface area contributed by atoms with Crippen LogP contribution in [0, 0.1) is 5.92 Å². The van der Waals surface area contributed by atoms with Crippen LogP contribution < -0.4 is 0 Å². The molecule has 0 bridgehead atoms. The van der Waals surface area contributed by atoms with Crippen LogP contribution in [-0.2, 0) is 4.79 Å². The number of carboxylic acids is 1. The predicted octanol–water partition coefficient (Wildman–Crippen LogP) is 1.44. The second-order valence-electron chi connectivity index (χ2n) is 3.90. The van der Waals surface area contributed by atoms with Crippen molar-refractivity contribution in [3.63, 3.8) is 0 Å². The second-order valence-corrected chi connectivity index (χ2v) is 3.90. The molecule has 1 heterocycles. The fourth-order valence-electron chi connectivity index (χ4n) is 1.75. The van der Waals surface area contributed by atoms with Gasteiger partial charge in [-0.15, -0.1) is 0 Å². The average molecular weight is 207 g/mol. The van der Waals surface area contributed by atoms with Crippen LogP contribution >= 0.6 is 0 Å². The molecule has 1 fully saturated rings. The van der Waals surface area contributed by atoms with Gasteiger partial charge in [0.1, 0.15) is 0 Å². The van der Waals surface area contributed by atoms with E-state index in [1.165, 1.54) is 0 Å². The maximum atomic E-state index is 13.3. The first-order valence-corrected chi connectivity index (χ1v) is 4.70. The molecule has 1 unspecified atom stereocenters. The molecule has 0 radical (unpaired) electrons. The Labute approximate surface area is 81.7 Å². The van der Waals surface area contributed by atoms with Gasteiger partial charge in [-0.3, -0.25) is 4.79 Å². The molecule has 0 spiro atoms. The van der Waals surface area contributed by atoms with Crippen molar-refractivity contribution in [2.75, 3.05) is 20.1 Å². The van der Waals surface area contributed by atoms with Crippen molar-refractivity contribution in [1.29, 1.82) is 0 Å². The standard InChI is InChI=1S/C9H15F2NO2/c1-12-5-4-9(10,11)7(6-12)2-3-8(13)14/h7H,2-6H2,1H3,(H,13,14). The summed E-state index contributed by atoms with van der Waals surface area (Å²) in [5.74, 6) is -4.51. The number of aliphatic carboxylic acids is 1. The number of likely N-dealkylation sites (tertiary alicyclic amines) is 1. The Kier molecular flexibility index (Phi) is 3.42. The quantitative estimate of drug-likeness (QED) is 0.761. The summed E-state index contributed by atoms with van der Waals surface area (Å²) in [6, 6.07) is 0. The Morgan fingerprint density at radius 3 is 2.86 bits per heavy atom. The second kappa shape index (κ2) is 4.21. The normalized spacial score (nSPS) is 27.5. The topological polar surface area (TPSA) is 40.5 Å². The summed E-state index contributed by atoms with van der Waals surface area (Å²) in [6.45, 7) is 0.677. The maximum Gasteiger partial charge on any atom is 0.303 e. The molecule has 1 saturated heterocycles. The van der Waals surface area contributed by atoms with Gasteiger partial charge in [-0.1, -0.05) is 0 Å². The third kappa shape index (κ3) is 2.90. The predicted molar refractivity (Wildman–Crippen MR) is 47.4 cm³/mol. The number of halogens is 2. The lowest BCUT2D eigenvalue weighted by Gasteiger charge is -2.36. The van der Waals surface area contributed by atoms with Crippen molar-refractivity contribution in [3.8, 4) is 0 Å². The van der Waals surface area contributed by atoms with Crippen LogP contribution in [0.5, 0.6) is 0 Å². The number of piperidine rings is 1.